The summed E-state index contributed by atoms with van der Waals surface area (Å²) in [6, 6.07) is 5.26. The molecule has 1 unspecified atom stereocenters. The van der Waals surface area contributed by atoms with E-state index in [2.05, 4.69) is 16.4 Å². The van der Waals surface area contributed by atoms with Crippen LogP contribution in [0.15, 0.2) is 18.3 Å². The smallest absolute Gasteiger partial charge is 0.212 e. The third-order valence-corrected chi connectivity index (χ3v) is 2.11. The summed E-state index contributed by atoms with van der Waals surface area (Å²) in [5, 5.41) is 20.6. The van der Waals surface area contributed by atoms with Crippen molar-refractivity contribution in [2.45, 2.75) is 12.5 Å². The van der Waals surface area contributed by atoms with E-state index < -0.39 is 6.04 Å². The Morgan fingerprint density at radius 1 is 1.62 bits per heavy atom. The topological polar surface area (TPSA) is 78.2 Å². The minimum atomic E-state index is -0.398. The highest BCUT2D eigenvalue weighted by Crippen LogP contribution is 2.13. The number of aliphatic hydroxyl groups is 1. The Morgan fingerprint density at radius 3 is 2.94 bits per heavy atom. The van der Waals surface area contributed by atoms with Crippen LogP contribution in [0.2, 0.25) is 0 Å². The van der Waals surface area contributed by atoms with E-state index in [-0.39, 0.29) is 6.61 Å². The molecule has 1 atom stereocenters. The predicted octanol–water partition coefficient (Wildman–Crippen LogP) is 0.627. The molecule has 5 heteroatoms. The van der Waals surface area contributed by atoms with Crippen LogP contribution in [0.3, 0.4) is 0 Å². The molecule has 0 radical (unpaired) electrons. The number of rotatable bonds is 6. The van der Waals surface area contributed by atoms with Crippen molar-refractivity contribution in [3.05, 3.63) is 23.9 Å². The standard InChI is InChI=1S/C11H15N3O2/c1-16-11-4-3-9(8-14-11)10(7-12)13-5-2-6-15/h3-4,8,10,13,15H,2,5-6H2,1H3. The maximum Gasteiger partial charge on any atom is 0.212 e. The van der Waals surface area contributed by atoms with E-state index in [0.717, 1.165) is 5.56 Å². The van der Waals surface area contributed by atoms with Gasteiger partial charge < -0.3 is 9.84 Å². The summed E-state index contributed by atoms with van der Waals surface area (Å²) in [6.07, 6.45) is 2.24. The highest BCUT2D eigenvalue weighted by atomic mass is 16.5. The highest BCUT2D eigenvalue weighted by molar-refractivity contribution is 5.24. The van der Waals surface area contributed by atoms with E-state index in [1.807, 2.05) is 0 Å². The Balaban J connectivity index is 2.61. The highest BCUT2D eigenvalue weighted by Gasteiger charge is 2.09. The second-order valence-electron chi connectivity index (χ2n) is 3.23. The molecule has 1 aromatic heterocycles. The van der Waals surface area contributed by atoms with E-state index in [0.29, 0.717) is 18.8 Å². The molecule has 0 aromatic carbocycles. The average molecular weight is 221 g/mol. The molecule has 0 fully saturated rings. The zero-order valence-corrected chi connectivity index (χ0v) is 9.18. The van der Waals surface area contributed by atoms with Gasteiger partial charge in [0, 0.05) is 24.4 Å². The van der Waals surface area contributed by atoms with Gasteiger partial charge >= 0.3 is 0 Å². The lowest BCUT2D eigenvalue weighted by Crippen LogP contribution is -2.21. The van der Waals surface area contributed by atoms with Crippen LogP contribution in [0.5, 0.6) is 5.88 Å². The minimum Gasteiger partial charge on any atom is -0.481 e. The number of hydrogen-bond acceptors (Lipinski definition) is 5. The summed E-state index contributed by atoms with van der Waals surface area (Å²) in [7, 11) is 1.54. The normalized spacial score (nSPS) is 11.8. The molecule has 0 amide bonds. The van der Waals surface area contributed by atoms with Crippen LogP contribution >= 0.6 is 0 Å². The first-order chi connectivity index (χ1) is 7.81. The van der Waals surface area contributed by atoms with Crippen LogP contribution in [0.1, 0.15) is 18.0 Å². The van der Waals surface area contributed by atoms with Gasteiger partial charge in [0.25, 0.3) is 0 Å². The van der Waals surface area contributed by atoms with Crippen molar-refractivity contribution in [3.8, 4) is 11.9 Å². The van der Waals surface area contributed by atoms with Crippen molar-refractivity contribution in [2.75, 3.05) is 20.3 Å². The zero-order valence-electron chi connectivity index (χ0n) is 9.18. The molecular weight excluding hydrogens is 206 g/mol. The molecule has 86 valence electrons. The number of nitrogens with zero attached hydrogens (tertiary/aromatic N) is 2. The lowest BCUT2D eigenvalue weighted by atomic mass is 10.1. The first-order valence-electron chi connectivity index (χ1n) is 5.05. The van der Waals surface area contributed by atoms with Gasteiger partial charge in [0.15, 0.2) is 0 Å². The van der Waals surface area contributed by atoms with Gasteiger partial charge in [-0.15, -0.1) is 0 Å². The van der Waals surface area contributed by atoms with Crippen molar-refractivity contribution in [2.24, 2.45) is 0 Å². The average Bonchev–Trinajstić information content (AvgIpc) is 2.35. The van der Waals surface area contributed by atoms with Crippen LogP contribution in [-0.4, -0.2) is 30.4 Å². The van der Waals surface area contributed by atoms with Crippen molar-refractivity contribution < 1.29 is 9.84 Å². The number of aromatic nitrogens is 1. The maximum atomic E-state index is 8.97. The lowest BCUT2D eigenvalue weighted by molar-refractivity contribution is 0.285. The van der Waals surface area contributed by atoms with Gasteiger partial charge in [0.05, 0.1) is 13.2 Å². The number of aliphatic hydroxyl groups excluding tert-OH is 1. The SMILES string of the molecule is COc1ccc(C(C#N)NCCCO)cn1. The van der Waals surface area contributed by atoms with Crippen LogP contribution in [0, 0.1) is 11.3 Å². The molecular formula is C11H15N3O2. The van der Waals surface area contributed by atoms with E-state index >= 15 is 0 Å². The van der Waals surface area contributed by atoms with E-state index in [9.17, 15) is 0 Å². The van der Waals surface area contributed by atoms with Crippen LogP contribution in [0.25, 0.3) is 0 Å². The van der Waals surface area contributed by atoms with E-state index in [4.69, 9.17) is 15.1 Å². The molecule has 0 aliphatic heterocycles. The summed E-state index contributed by atoms with van der Waals surface area (Å²) in [6.45, 7) is 0.715. The Labute approximate surface area is 94.7 Å². The Morgan fingerprint density at radius 2 is 2.44 bits per heavy atom. The Bertz CT molecular complexity index is 345. The van der Waals surface area contributed by atoms with Crippen molar-refractivity contribution in [1.82, 2.24) is 10.3 Å². The van der Waals surface area contributed by atoms with Crippen LogP contribution < -0.4 is 10.1 Å². The van der Waals surface area contributed by atoms with Crippen molar-refractivity contribution >= 4 is 0 Å². The number of nitrogens with one attached hydrogen (secondary N) is 1. The molecule has 5 nitrogen and oxygen atoms in total. The Kier molecular flexibility index (Phi) is 5.26. The second kappa shape index (κ2) is 6.77. The number of pyridine rings is 1. The zero-order chi connectivity index (χ0) is 11.8. The fourth-order valence-corrected chi connectivity index (χ4v) is 1.25. The lowest BCUT2D eigenvalue weighted by Gasteiger charge is -2.11. The minimum absolute atomic E-state index is 0.117. The van der Waals surface area contributed by atoms with E-state index in [1.165, 1.54) is 0 Å². The molecule has 0 spiro atoms. The molecule has 2 N–H and O–H groups in total. The molecule has 1 heterocycles. The summed E-state index contributed by atoms with van der Waals surface area (Å²) in [5.41, 5.74) is 0.793. The molecule has 0 aliphatic carbocycles. The van der Waals surface area contributed by atoms with Crippen molar-refractivity contribution in [1.29, 1.82) is 5.26 Å². The van der Waals surface area contributed by atoms with Gasteiger partial charge in [-0.05, 0) is 19.0 Å². The molecule has 0 aliphatic rings. The molecule has 0 saturated heterocycles. The monoisotopic (exact) mass is 221 g/mol. The largest absolute Gasteiger partial charge is 0.481 e. The van der Waals surface area contributed by atoms with Gasteiger partial charge in [-0.2, -0.15) is 5.26 Å². The first kappa shape index (κ1) is 12.4. The summed E-state index contributed by atoms with van der Waals surface area (Å²) in [5.74, 6) is 0.524. The summed E-state index contributed by atoms with van der Waals surface area (Å²) in [4.78, 5) is 4.03. The third kappa shape index (κ3) is 3.50. The van der Waals surface area contributed by atoms with Crippen LogP contribution in [0.4, 0.5) is 0 Å². The van der Waals surface area contributed by atoms with Gasteiger partial charge in [-0.1, -0.05) is 0 Å². The fourth-order valence-electron chi connectivity index (χ4n) is 1.25. The summed E-state index contributed by atoms with van der Waals surface area (Å²) >= 11 is 0. The molecule has 1 rings (SSSR count). The van der Waals surface area contributed by atoms with Gasteiger partial charge in [0.2, 0.25) is 5.88 Å². The quantitative estimate of drug-likeness (QED) is 0.689. The van der Waals surface area contributed by atoms with Gasteiger partial charge in [-0.25, -0.2) is 4.98 Å². The Hall–Kier alpha value is -1.64. The molecule has 0 saturated carbocycles. The summed E-state index contributed by atoms with van der Waals surface area (Å²) < 4.78 is 4.93. The second-order valence-corrected chi connectivity index (χ2v) is 3.23. The fraction of sp³-hybridized carbons (Fsp3) is 0.455. The number of hydrogen-bond donors (Lipinski definition) is 2. The van der Waals surface area contributed by atoms with Gasteiger partial charge in [0.1, 0.15) is 6.04 Å². The third-order valence-electron chi connectivity index (χ3n) is 2.11. The maximum absolute atomic E-state index is 8.97. The van der Waals surface area contributed by atoms with Crippen molar-refractivity contribution in [3.63, 3.8) is 0 Å². The number of ether oxygens (including phenoxy) is 1. The molecule has 0 bridgehead atoms. The number of methoxy groups -OCH3 is 1. The predicted molar refractivity (Wildman–Crippen MR) is 58.8 cm³/mol. The van der Waals surface area contributed by atoms with Crippen LogP contribution in [-0.2, 0) is 0 Å². The van der Waals surface area contributed by atoms with E-state index in [1.54, 1.807) is 25.4 Å². The molecule has 16 heavy (non-hydrogen) atoms. The first-order valence-corrected chi connectivity index (χ1v) is 5.05. The van der Waals surface area contributed by atoms with Gasteiger partial charge in [-0.3, -0.25) is 5.32 Å². The molecule has 1 aromatic rings. The number of nitriles is 1.